The molecule has 2 aromatic rings. The van der Waals surface area contributed by atoms with E-state index in [1.807, 2.05) is 0 Å². The van der Waals surface area contributed by atoms with Crippen molar-refractivity contribution in [2.45, 2.75) is 18.9 Å². The van der Waals surface area contributed by atoms with Crippen molar-refractivity contribution in [2.24, 2.45) is 0 Å². The Morgan fingerprint density at radius 2 is 1.95 bits per heavy atom. The molecule has 1 aliphatic heterocycles. The molecule has 1 amide bonds. The maximum Gasteiger partial charge on any atom is 0.316 e. The Kier molecular flexibility index (Phi) is 4.53. The molecule has 2 heterocycles. The first-order valence-electron chi connectivity index (χ1n) is 7.21. The number of hydrogen-bond donors (Lipinski definition) is 0. The van der Waals surface area contributed by atoms with Crippen LogP contribution in [0.2, 0.25) is 5.02 Å². The highest BCUT2D eigenvalue weighted by Gasteiger charge is 2.26. The van der Waals surface area contributed by atoms with Crippen LogP contribution in [0.3, 0.4) is 0 Å². The molecule has 1 aliphatic rings. The van der Waals surface area contributed by atoms with Crippen molar-refractivity contribution < 1.29 is 9.53 Å². The molecule has 0 unspecified atom stereocenters. The third-order valence-electron chi connectivity index (χ3n) is 3.57. The van der Waals surface area contributed by atoms with E-state index in [4.69, 9.17) is 16.3 Å². The van der Waals surface area contributed by atoms with Crippen LogP contribution in [0.15, 0.2) is 42.7 Å². The summed E-state index contributed by atoms with van der Waals surface area (Å²) in [5.41, 5.74) is 0.640. The van der Waals surface area contributed by atoms with Gasteiger partial charge in [0.2, 0.25) is 0 Å². The molecule has 0 radical (unpaired) electrons. The predicted molar refractivity (Wildman–Crippen MR) is 83.0 cm³/mol. The first-order valence-corrected chi connectivity index (χ1v) is 7.59. The second-order valence-corrected chi connectivity index (χ2v) is 5.61. The van der Waals surface area contributed by atoms with Gasteiger partial charge < -0.3 is 9.64 Å². The maximum absolute atomic E-state index is 12.5. The smallest absolute Gasteiger partial charge is 0.316 e. The van der Waals surface area contributed by atoms with E-state index in [-0.39, 0.29) is 12.0 Å². The summed E-state index contributed by atoms with van der Waals surface area (Å²) in [5.74, 6) is -0.000975. The Morgan fingerprint density at radius 1 is 1.23 bits per heavy atom. The molecule has 1 saturated heterocycles. The molecule has 1 aromatic heterocycles. The Morgan fingerprint density at radius 3 is 2.68 bits per heavy atom. The SMILES string of the molecule is O=C(c1ccc(Cl)cc1)N1CCC[C@@H](Oc2ncccn2)C1. The molecule has 0 spiro atoms. The fourth-order valence-corrected chi connectivity index (χ4v) is 2.62. The van der Waals surface area contributed by atoms with Gasteiger partial charge in [-0.05, 0) is 43.2 Å². The zero-order valence-corrected chi connectivity index (χ0v) is 12.7. The number of carbonyl (C=O) groups excluding carboxylic acids is 1. The minimum Gasteiger partial charge on any atom is -0.458 e. The minimum absolute atomic E-state index is 0.000975. The number of rotatable bonds is 3. The summed E-state index contributed by atoms with van der Waals surface area (Å²) in [6, 6.07) is 9.04. The lowest BCUT2D eigenvalue weighted by Crippen LogP contribution is -2.44. The summed E-state index contributed by atoms with van der Waals surface area (Å²) in [6.07, 6.45) is 5.00. The van der Waals surface area contributed by atoms with Gasteiger partial charge in [0.1, 0.15) is 6.10 Å². The van der Waals surface area contributed by atoms with Gasteiger partial charge >= 0.3 is 6.01 Å². The molecule has 114 valence electrons. The third-order valence-corrected chi connectivity index (χ3v) is 3.82. The fourth-order valence-electron chi connectivity index (χ4n) is 2.49. The number of halogens is 1. The van der Waals surface area contributed by atoms with Gasteiger partial charge in [-0.25, -0.2) is 9.97 Å². The molecule has 0 aliphatic carbocycles. The van der Waals surface area contributed by atoms with Crippen LogP contribution in [0, 0.1) is 0 Å². The highest BCUT2D eigenvalue weighted by molar-refractivity contribution is 6.30. The predicted octanol–water partition coefficient (Wildman–Crippen LogP) is 2.81. The molecule has 1 aromatic carbocycles. The van der Waals surface area contributed by atoms with Crippen LogP contribution in [0.25, 0.3) is 0 Å². The first kappa shape index (κ1) is 14.8. The summed E-state index contributed by atoms with van der Waals surface area (Å²) >= 11 is 5.86. The monoisotopic (exact) mass is 317 g/mol. The van der Waals surface area contributed by atoms with E-state index < -0.39 is 0 Å². The second kappa shape index (κ2) is 6.75. The summed E-state index contributed by atoms with van der Waals surface area (Å²) in [5, 5.41) is 0.623. The molecule has 22 heavy (non-hydrogen) atoms. The van der Waals surface area contributed by atoms with E-state index in [1.54, 1.807) is 47.6 Å². The zero-order chi connectivity index (χ0) is 15.4. The van der Waals surface area contributed by atoms with Gasteiger partial charge in [0, 0.05) is 29.5 Å². The van der Waals surface area contributed by atoms with E-state index in [1.165, 1.54) is 0 Å². The van der Waals surface area contributed by atoms with Gasteiger partial charge in [-0.2, -0.15) is 0 Å². The molecule has 0 bridgehead atoms. The van der Waals surface area contributed by atoms with Crippen LogP contribution in [-0.4, -0.2) is 40.0 Å². The largest absolute Gasteiger partial charge is 0.458 e. The number of hydrogen-bond acceptors (Lipinski definition) is 4. The van der Waals surface area contributed by atoms with Gasteiger partial charge in [-0.1, -0.05) is 11.6 Å². The standard InChI is InChI=1S/C16H16ClN3O2/c17-13-6-4-12(5-7-13)15(21)20-10-1-3-14(11-20)22-16-18-8-2-9-19-16/h2,4-9,14H,1,3,10-11H2/t14-/m1/s1. The van der Waals surface area contributed by atoms with Crippen molar-refractivity contribution in [1.29, 1.82) is 0 Å². The lowest BCUT2D eigenvalue weighted by Gasteiger charge is -2.32. The van der Waals surface area contributed by atoms with Crippen LogP contribution < -0.4 is 4.74 Å². The molecule has 1 fully saturated rings. The highest BCUT2D eigenvalue weighted by atomic mass is 35.5. The van der Waals surface area contributed by atoms with Gasteiger partial charge in [-0.15, -0.1) is 0 Å². The fraction of sp³-hybridized carbons (Fsp3) is 0.312. The van der Waals surface area contributed by atoms with Crippen molar-refractivity contribution in [1.82, 2.24) is 14.9 Å². The van der Waals surface area contributed by atoms with Gasteiger partial charge in [0.25, 0.3) is 5.91 Å². The van der Waals surface area contributed by atoms with E-state index >= 15 is 0 Å². The average molecular weight is 318 g/mol. The summed E-state index contributed by atoms with van der Waals surface area (Å²) in [4.78, 5) is 22.4. The quantitative estimate of drug-likeness (QED) is 0.873. The van der Waals surface area contributed by atoms with Crippen molar-refractivity contribution in [3.8, 4) is 6.01 Å². The second-order valence-electron chi connectivity index (χ2n) is 5.17. The Bertz CT molecular complexity index is 634. The van der Waals surface area contributed by atoms with E-state index in [9.17, 15) is 4.79 Å². The van der Waals surface area contributed by atoms with Gasteiger partial charge in [0.15, 0.2) is 0 Å². The molecule has 0 N–H and O–H groups in total. The summed E-state index contributed by atoms with van der Waals surface area (Å²) in [7, 11) is 0. The van der Waals surface area contributed by atoms with Gasteiger partial charge in [0.05, 0.1) is 6.54 Å². The van der Waals surface area contributed by atoms with Crippen LogP contribution in [-0.2, 0) is 0 Å². The van der Waals surface area contributed by atoms with Crippen LogP contribution in [0.5, 0.6) is 6.01 Å². The molecule has 1 atom stereocenters. The summed E-state index contributed by atoms with van der Waals surface area (Å²) in [6.45, 7) is 1.27. The number of benzene rings is 1. The number of likely N-dealkylation sites (tertiary alicyclic amines) is 1. The Balaban J connectivity index is 1.65. The zero-order valence-electron chi connectivity index (χ0n) is 12.0. The molecule has 5 nitrogen and oxygen atoms in total. The molecule has 0 saturated carbocycles. The number of aromatic nitrogens is 2. The third kappa shape index (κ3) is 3.54. The first-order chi connectivity index (χ1) is 10.7. The van der Waals surface area contributed by atoms with Crippen LogP contribution >= 0.6 is 11.6 Å². The maximum atomic E-state index is 12.5. The molecule has 3 rings (SSSR count). The Hall–Kier alpha value is -2.14. The van der Waals surface area contributed by atoms with Crippen molar-refractivity contribution in [3.05, 3.63) is 53.3 Å². The molecular formula is C16H16ClN3O2. The Labute approximate surface area is 133 Å². The van der Waals surface area contributed by atoms with E-state index in [0.717, 1.165) is 19.4 Å². The topological polar surface area (TPSA) is 55.3 Å². The van der Waals surface area contributed by atoms with Gasteiger partial charge in [-0.3, -0.25) is 4.79 Å². The van der Waals surface area contributed by atoms with Crippen molar-refractivity contribution >= 4 is 17.5 Å². The minimum atomic E-state index is -0.0765. The lowest BCUT2D eigenvalue weighted by atomic mass is 10.1. The highest BCUT2D eigenvalue weighted by Crippen LogP contribution is 2.18. The summed E-state index contributed by atoms with van der Waals surface area (Å²) < 4.78 is 5.75. The van der Waals surface area contributed by atoms with E-state index in [0.29, 0.717) is 23.1 Å². The number of carbonyl (C=O) groups is 1. The number of amides is 1. The van der Waals surface area contributed by atoms with Crippen LogP contribution in [0.1, 0.15) is 23.2 Å². The number of ether oxygens (including phenoxy) is 1. The van der Waals surface area contributed by atoms with Crippen molar-refractivity contribution in [3.63, 3.8) is 0 Å². The molecule has 6 heteroatoms. The van der Waals surface area contributed by atoms with E-state index in [2.05, 4.69) is 9.97 Å². The number of piperidine rings is 1. The molecular weight excluding hydrogens is 302 g/mol. The average Bonchev–Trinajstić information content (AvgIpc) is 2.56. The number of nitrogens with zero attached hydrogens (tertiary/aromatic N) is 3. The normalized spacial score (nSPS) is 18.0. The van der Waals surface area contributed by atoms with Crippen LogP contribution in [0.4, 0.5) is 0 Å². The van der Waals surface area contributed by atoms with Crippen molar-refractivity contribution in [2.75, 3.05) is 13.1 Å². The lowest BCUT2D eigenvalue weighted by molar-refractivity contribution is 0.0516.